The zero-order valence-corrected chi connectivity index (χ0v) is 20.8. The van der Waals surface area contributed by atoms with E-state index >= 15 is 0 Å². The van der Waals surface area contributed by atoms with E-state index in [-0.39, 0.29) is 29.4 Å². The van der Waals surface area contributed by atoms with Crippen LogP contribution in [-0.4, -0.2) is 34.4 Å². The number of methoxy groups -OCH3 is 1. The summed E-state index contributed by atoms with van der Waals surface area (Å²) < 4.78 is 6.31. The fraction of sp³-hybridized carbons (Fsp3) is 0.357. The Labute approximate surface area is 212 Å². The Kier molecular flexibility index (Phi) is 5.84. The molecule has 2 fully saturated rings. The molecule has 0 radical (unpaired) electrons. The number of nitrogens with one attached hydrogen (secondary N) is 1. The third kappa shape index (κ3) is 4.19. The summed E-state index contributed by atoms with van der Waals surface area (Å²) in [6.07, 6.45) is 6.97. The van der Waals surface area contributed by atoms with Crippen molar-refractivity contribution in [2.75, 3.05) is 7.11 Å². The van der Waals surface area contributed by atoms with Gasteiger partial charge in [0.15, 0.2) is 5.65 Å². The number of carbonyl (C=O) groups is 2. The number of hydrogen-bond donors (Lipinski definition) is 1. The van der Waals surface area contributed by atoms with E-state index in [1.807, 2.05) is 18.2 Å². The maximum Gasteiger partial charge on any atom is 0.308 e. The standard InChI is InChI=1S/C28H27N3O4S/c1-35-28(34)17-6-9-19(10-7-17)29-26(32)20-3-2-14-31-25(20)30-22-11-8-18(15-21(22)27(31)33)24-13-12-23(36-24)16-4-5-16/h2-3,8,11-17,19H,4-7,9-10H2,1H3,(H,29,32). The van der Waals surface area contributed by atoms with Gasteiger partial charge in [-0.15, -0.1) is 11.3 Å². The topological polar surface area (TPSA) is 89.8 Å². The number of thiophene rings is 1. The fourth-order valence-electron chi connectivity index (χ4n) is 5.16. The van der Waals surface area contributed by atoms with E-state index in [4.69, 9.17) is 9.72 Å². The smallest absolute Gasteiger partial charge is 0.308 e. The molecule has 184 valence electrons. The molecule has 6 rings (SSSR count). The summed E-state index contributed by atoms with van der Waals surface area (Å²) in [5, 5.41) is 3.61. The van der Waals surface area contributed by atoms with E-state index in [0.29, 0.717) is 53.7 Å². The quantitative estimate of drug-likeness (QED) is 0.310. The lowest BCUT2D eigenvalue weighted by Crippen LogP contribution is -2.39. The van der Waals surface area contributed by atoms with Crippen LogP contribution in [0.5, 0.6) is 0 Å². The van der Waals surface area contributed by atoms with Crippen LogP contribution in [0.1, 0.15) is 59.7 Å². The van der Waals surface area contributed by atoms with Crippen LogP contribution in [-0.2, 0) is 9.53 Å². The number of rotatable bonds is 5. The summed E-state index contributed by atoms with van der Waals surface area (Å²) in [5.41, 5.74) is 2.10. The van der Waals surface area contributed by atoms with Crippen molar-refractivity contribution in [3.63, 3.8) is 0 Å². The van der Waals surface area contributed by atoms with Gasteiger partial charge in [0, 0.05) is 22.0 Å². The number of ether oxygens (including phenoxy) is 1. The molecule has 7 nitrogen and oxygen atoms in total. The molecule has 4 aromatic rings. The molecule has 2 aliphatic rings. The van der Waals surface area contributed by atoms with E-state index < -0.39 is 0 Å². The molecule has 3 heterocycles. The van der Waals surface area contributed by atoms with E-state index in [0.717, 1.165) is 10.4 Å². The highest BCUT2D eigenvalue weighted by atomic mass is 32.1. The molecule has 8 heteroatoms. The van der Waals surface area contributed by atoms with Gasteiger partial charge in [0.1, 0.15) is 0 Å². The van der Waals surface area contributed by atoms with Crippen LogP contribution in [0.25, 0.3) is 27.0 Å². The number of fused-ring (bicyclic) bond motifs is 2. The van der Waals surface area contributed by atoms with Crippen LogP contribution >= 0.6 is 11.3 Å². The number of nitrogens with zero attached hydrogens (tertiary/aromatic N) is 2. The molecule has 2 aliphatic carbocycles. The molecular formula is C28H27N3O4S. The Bertz CT molecular complexity index is 1540. The highest BCUT2D eigenvalue weighted by molar-refractivity contribution is 7.15. The van der Waals surface area contributed by atoms with Crippen LogP contribution < -0.4 is 10.9 Å². The first kappa shape index (κ1) is 22.9. The van der Waals surface area contributed by atoms with Gasteiger partial charge in [-0.25, -0.2) is 4.98 Å². The van der Waals surface area contributed by atoms with Crippen LogP contribution in [0.4, 0.5) is 0 Å². The summed E-state index contributed by atoms with van der Waals surface area (Å²) >= 11 is 1.79. The Morgan fingerprint density at radius 2 is 1.86 bits per heavy atom. The molecule has 3 aromatic heterocycles. The summed E-state index contributed by atoms with van der Waals surface area (Å²) in [6.45, 7) is 0. The number of benzene rings is 1. The van der Waals surface area contributed by atoms with Crippen molar-refractivity contribution in [2.24, 2.45) is 5.92 Å². The van der Waals surface area contributed by atoms with Crippen molar-refractivity contribution in [1.82, 2.24) is 14.7 Å². The van der Waals surface area contributed by atoms with Crippen LogP contribution in [0, 0.1) is 5.92 Å². The monoisotopic (exact) mass is 501 g/mol. The molecule has 1 amide bonds. The number of amides is 1. The number of aromatic nitrogens is 2. The van der Waals surface area contributed by atoms with Crippen molar-refractivity contribution in [3.05, 3.63) is 69.5 Å². The van der Waals surface area contributed by atoms with Crippen molar-refractivity contribution in [2.45, 2.75) is 50.5 Å². The van der Waals surface area contributed by atoms with E-state index in [1.165, 1.54) is 29.2 Å². The van der Waals surface area contributed by atoms with Gasteiger partial charge in [0.25, 0.3) is 11.5 Å². The summed E-state index contributed by atoms with van der Waals surface area (Å²) in [5.74, 6) is 0.151. The lowest BCUT2D eigenvalue weighted by atomic mass is 9.86. The molecular weight excluding hydrogens is 474 g/mol. The summed E-state index contributed by atoms with van der Waals surface area (Å²) in [7, 11) is 1.41. The van der Waals surface area contributed by atoms with Gasteiger partial charge >= 0.3 is 5.97 Å². The molecule has 1 aromatic carbocycles. The largest absolute Gasteiger partial charge is 0.469 e. The molecule has 0 bridgehead atoms. The minimum absolute atomic E-state index is 0.0280. The second-order valence-corrected chi connectivity index (χ2v) is 10.9. The molecule has 0 saturated heterocycles. The van der Waals surface area contributed by atoms with E-state index in [2.05, 4.69) is 17.4 Å². The Hall–Kier alpha value is -3.52. The highest BCUT2D eigenvalue weighted by Crippen LogP contribution is 2.45. The molecule has 36 heavy (non-hydrogen) atoms. The summed E-state index contributed by atoms with van der Waals surface area (Å²) in [6, 6.07) is 13.5. The first-order valence-corrected chi connectivity index (χ1v) is 13.3. The molecule has 0 unspecified atom stereocenters. The summed E-state index contributed by atoms with van der Waals surface area (Å²) in [4.78, 5) is 45.7. The maximum atomic E-state index is 13.4. The van der Waals surface area contributed by atoms with Crippen molar-refractivity contribution in [1.29, 1.82) is 0 Å². The van der Waals surface area contributed by atoms with Gasteiger partial charge in [-0.3, -0.25) is 18.8 Å². The van der Waals surface area contributed by atoms with Gasteiger partial charge in [0.2, 0.25) is 0 Å². The van der Waals surface area contributed by atoms with E-state index in [1.54, 1.807) is 29.7 Å². The lowest BCUT2D eigenvalue weighted by molar-refractivity contribution is -0.146. The van der Waals surface area contributed by atoms with Gasteiger partial charge in [-0.05, 0) is 86.4 Å². The molecule has 0 aliphatic heterocycles. The first-order valence-electron chi connectivity index (χ1n) is 12.5. The predicted octanol–water partition coefficient (Wildman–Crippen LogP) is 4.92. The second-order valence-electron chi connectivity index (χ2n) is 9.79. The number of hydrogen-bond acceptors (Lipinski definition) is 6. The third-order valence-corrected chi connectivity index (χ3v) is 8.67. The average Bonchev–Trinajstić information content (AvgIpc) is 3.64. The van der Waals surface area contributed by atoms with Crippen LogP contribution in [0.2, 0.25) is 0 Å². The normalized spacial score (nSPS) is 19.9. The van der Waals surface area contributed by atoms with E-state index in [9.17, 15) is 14.4 Å². The van der Waals surface area contributed by atoms with Gasteiger partial charge in [0.05, 0.1) is 29.5 Å². The first-order chi connectivity index (χ1) is 17.5. The Morgan fingerprint density at radius 3 is 2.61 bits per heavy atom. The molecule has 0 spiro atoms. The average molecular weight is 502 g/mol. The maximum absolute atomic E-state index is 13.4. The lowest BCUT2D eigenvalue weighted by Gasteiger charge is -2.27. The minimum Gasteiger partial charge on any atom is -0.469 e. The van der Waals surface area contributed by atoms with Crippen LogP contribution in [0.15, 0.2) is 53.5 Å². The SMILES string of the molecule is COC(=O)C1CCC(NC(=O)c2cccn3c(=O)c4cc(-c5ccc(C6CC6)s5)ccc4nc23)CC1. The van der Waals surface area contributed by atoms with Crippen molar-refractivity contribution < 1.29 is 14.3 Å². The van der Waals surface area contributed by atoms with Gasteiger partial charge < -0.3 is 10.1 Å². The van der Waals surface area contributed by atoms with Crippen LogP contribution in [0.3, 0.4) is 0 Å². The zero-order valence-electron chi connectivity index (χ0n) is 20.0. The second kappa shape index (κ2) is 9.17. The number of carbonyl (C=O) groups excluding carboxylic acids is 2. The number of esters is 1. The third-order valence-electron chi connectivity index (χ3n) is 7.37. The van der Waals surface area contributed by atoms with Crippen molar-refractivity contribution >= 4 is 39.8 Å². The predicted molar refractivity (Wildman–Crippen MR) is 139 cm³/mol. The Morgan fingerprint density at radius 1 is 1.06 bits per heavy atom. The van der Waals surface area contributed by atoms with Gasteiger partial charge in [-0.2, -0.15) is 0 Å². The molecule has 1 N–H and O–H groups in total. The molecule has 2 saturated carbocycles. The molecule has 0 atom stereocenters. The van der Waals surface area contributed by atoms with Crippen molar-refractivity contribution in [3.8, 4) is 10.4 Å². The highest BCUT2D eigenvalue weighted by Gasteiger charge is 2.28. The Balaban J connectivity index is 1.29. The van der Waals surface area contributed by atoms with Gasteiger partial charge in [-0.1, -0.05) is 6.07 Å². The zero-order chi connectivity index (χ0) is 24.8. The number of pyridine rings is 1. The fourth-order valence-corrected chi connectivity index (χ4v) is 6.33. The minimum atomic E-state index is -0.260.